The van der Waals surface area contributed by atoms with Gasteiger partial charge in [-0.15, -0.1) is 0 Å². The topological polar surface area (TPSA) is 75.0 Å². The normalized spacial score (nSPS) is 10.7. The van der Waals surface area contributed by atoms with Crippen LogP contribution in [0.3, 0.4) is 0 Å². The van der Waals surface area contributed by atoms with Crippen LogP contribution in [0.4, 0.5) is 0 Å². The van der Waals surface area contributed by atoms with Crippen LogP contribution in [0.2, 0.25) is 0 Å². The predicted molar refractivity (Wildman–Crippen MR) is 57.3 cm³/mol. The number of carbonyl (C=O) groups excluding carboxylic acids is 1. The van der Waals surface area contributed by atoms with E-state index >= 15 is 0 Å². The smallest absolute Gasteiger partial charge is 0.263 e. The van der Waals surface area contributed by atoms with E-state index in [1.807, 2.05) is 0 Å². The van der Waals surface area contributed by atoms with Crippen molar-refractivity contribution in [2.75, 3.05) is 0 Å². The van der Waals surface area contributed by atoms with Crippen molar-refractivity contribution in [1.29, 1.82) is 5.26 Å². The molecule has 1 aromatic carbocycles. The van der Waals surface area contributed by atoms with Crippen LogP contribution < -0.4 is 0 Å². The lowest BCUT2D eigenvalue weighted by Crippen LogP contribution is -2.01. The molecule has 15 heavy (non-hydrogen) atoms. The van der Waals surface area contributed by atoms with E-state index in [1.165, 1.54) is 12.1 Å². The molecule has 0 saturated heterocycles. The molecule has 0 aliphatic rings. The van der Waals surface area contributed by atoms with Crippen LogP contribution in [0.5, 0.6) is 0 Å². The van der Waals surface area contributed by atoms with Gasteiger partial charge in [0.1, 0.15) is 4.90 Å². The van der Waals surface area contributed by atoms with Crippen molar-refractivity contribution in [2.45, 2.75) is 4.90 Å². The Morgan fingerprint density at radius 2 is 2.07 bits per heavy atom. The second kappa shape index (κ2) is 4.31. The van der Waals surface area contributed by atoms with E-state index in [9.17, 15) is 13.2 Å². The molecule has 1 aromatic rings. The zero-order valence-corrected chi connectivity index (χ0v) is 10.2. The van der Waals surface area contributed by atoms with Gasteiger partial charge in [-0.05, 0) is 28.1 Å². The summed E-state index contributed by atoms with van der Waals surface area (Å²) in [6.45, 7) is 0. The van der Waals surface area contributed by atoms with Gasteiger partial charge in [0.25, 0.3) is 9.05 Å². The molecule has 0 heterocycles. The van der Waals surface area contributed by atoms with E-state index in [0.29, 0.717) is 6.29 Å². The first kappa shape index (κ1) is 12.2. The van der Waals surface area contributed by atoms with E-state index in [1.54, 1.807) is 6.07 Å². The van der Waals surface area contributed by atoms with E-state index in [2.05, 4.69) is 15.9 Å². The molecule has 0 atom stereocenters. The van der Waals surface area contributed by atoms with Crippen molar-refractivity contribution >= 4 is 41.9 Å². The van der Waals surface area contributed by atoms with Crippen LogP contribution in [0, 0.1) is 11.3 Å². The number of carbonyl (C=O) groups is 1. The maximum absolute atomic E-state index is 11.2. The van der Waals surface area contributed by atoms with Gasteiger partial charge >= 0.3 is 0 Å². The molecule has 0 aromatic heterocycles. The van der Waals surface area contributed by atoms with Gasteiger partial charge in [0.05, 0.1) is 17.2 Å². The second-order valence-electron chi connectivity index (χ2n) is 2.51. The lowest BCUT2D eigenvalue weighted by Gasteiger charge is -2.04. The summed E-state index contributed by atoms with van der Waals surface area (Å²) in [4.78, 5) is 10.3. The van der Waals surface area contributed by atoms with Gasteiger partial charge in [-0.3, -0.25) is 4.79 Å². The first-order valence-electron chi connectivity index (χ1n) is 3.54. The molecule has 4 nitrogen and oxygen atoms in total. The Hall–Kier alpha value is -0.900. The summed E-state index contributed by atoms with van der Waals surface area (Å²) < 4.78 is 22.5. The summed E-state index contributed by atoms with van der Waals surface area (Å²) in [5.41, 5.74) is -0.269. The first-order chi connectivity index (χ1) is 6.91. The van der Waals surface area contributed by atoms with Crippen LogP contribution in [-0.4, -0.2) is 14.7 Å². The van der Waals surface area contributed by atoms with Gasteiger partial charge in [-0.2, -0.15) is 5.26 Å². The SMILES string of the molecule is N#Cc1ccc(Br)c(S(=O)(=O)Cl)c1C=O. The lowest BCUT2D eigenvalue weighted by atomic mass is 10.1. The number of nitrogens with zero attached hydrogens (tertiary/aromatic N) is 1. The zero-order valence-electron chi connectivity index (χ0n) is 7.07. The minimum Gasteiger partial charge on any atom is -0.298 e. The fraction of sp³-hybridized carbons (Fsp3) is 0. The number of rotatable bonds is 2. The van der Waals surface area contributed by atoms with Crippen LogP contribution in [0.25, 0.3) is 0 Å². The summed E-state index contributed by atoms with van der Waals surface area (Å²) in [5.74, 6) is 0. The van der Waals surface area contributed by atoms with Gasteiger partial charge in [-0.1, -0.05) is 0 Å². The number of halogens is 2. The average molecular weight is 309 g/mol. The molecule has 0 aliphatic heterocycles. The van der Waals surface area contributed by atoms with Crippen molar-refractivity contribution in [3.05, 3.63) is 27.7 Å². The Labute approximate surface area is 99.0 Å². The van der Waals surface area contributed by atoms with Crippen molar-refractivity contribution in [3.8, 4) is 6.07 Å². The minimum absolute atomic E-state index is 0.0348. The van der Waals surface area contributed by atoms with Crippen LogP contribution in [0.1, 0.15) is 15.9 Å². The molecule has 78 valence electrons. The molecular weight excluding hydrogens is 306 g/mol. The quantitative estimate of drug-likeness (QED) is 0.619. The summed E-state index contributed by atoms with van der Waals surface area (Å²) in [6.07, 6.45) is 0.290. The molecule has 0 N–H and O–H groups in total. The average Bonchev–Trinajstić information content (AvgIpc) is 2.15. The van der Waals surface area contributed by atoms with Gasteiger partial charge in [-0.25, -0.2) is 8.42 Å². The molecule has 0 fully saturated rings. The fourth-order valence-corrected chi connectivity index (χ4v) is 3.52. The molecule has 0 bridgehead atoms. The van der Waals surface area contributed by atoms with Crippen LogP contribution in [-0.2, 0) is 9.05 Å². The van der Waals surface area contributed by atoms with Crippen molar-refractivity contribution in [3.63, 3.8) is 0 Å². The highest BCUT2D eigenvalue weighted by Gasteiger charge is 2.21. The standard InChI is InChI=1S/C8H3BrClNO3S/c9-7-2-1-5(3-11)6(4-12)8(7)15(10,13)14/h1-2,4H. The molecular formula is C8H3BrClNO3S. The summed E-state index contributed by atoms with van der Waals surface area (Å²) >= 11 is 2.96. The Morgan fingerprint density at radius 3 is 2.47 bits per heavy atom. The van der Waals surface area contributed by atoms with Gasteiger partial charge in [0, 0.05) is 15.2 Å². The number of hydrogen-bond donors (Lipinski definition) is 0. The van der Waals surface area contributed by atoms with Crippen LogP contribution in [0.15, 0.2) is 21.5 Å². The fourth-order valence-electron chi connectivity index (χ4n) is 1.04. The number of nitriles is 1. The summed E-state index contributed by atoms with van der Waals surface area (Å²) in [6, 6.07) is 4.39. The Kier molecular flexibility index (Phi) is 3.50. The molecule has 1 rings (SSSR count). The third kappa shape index (κ3) is 2.37. The highest BCUT2D eigenvalue weighted by Crippen LogP contribution is 2.29. The van der Waals surface area contributed by atoms with Crippen molar-refractivity contribution in [1.82, 2.24) is 0 Å². The monoisotopic (exact) mass is 307 g/mol. The van der Waals surface area contributed by atoms with Crippen molar-refractivity contribution in [2.24, 2.45) is 0 Å². The first-order valence-corrected chi connectivity index (χ1v) is 6.64. The second-order valence-corrected chi connectivity index (χ2v) is 5.86. The molecule has 0 aliphatic carbocycles. The number of benzene rings is 1. The number of hydrogen-bond acceptors (Lipinski definition) is 4. The molecule has 7 heteroatoms. The Morgan fingerprint density at radius 1 is 1.47 bits per heavy atom. The molecule has 0 unspecified atom stereocenters. The summed E-state index contributed by atoms with van der Waals surface area (Å²) in [5, 5.41) is 8.67. The van der Waals surface area contributed by atoms with E-state index in [-0.39, 0.29) is 20.5 Å². The predicted octanol–water partition coefficient (Wildman–Crippen LogP) is 2.06. The molecule has 0 spiro atoms. The maximum Gasteiger partial charge on any atom is 0.263 e. The van der Waals surface area contributed by atoms with E-state index in [0.717, 1.165) is 0 Å². The van der Waals surface area contributed by atoms with Crippen LogP contribution >= 0.6 is 26.6 Å². The zero-order chi connectivity index (χ0) is 11.6. The van der Waals surface area contributed by atoms with Gasteiger partial charge in [0.2, 0.25) is 0 Å². The van der Waals surface area contributed by atoms with E-state index in [4.69, 9.17) is 15.9 Å². The maximum atomic E-state index is 11.2. The van der Waals surface area contributed by atoms with Crippen molar-refractivity contribution < 1.29 is 13.2 Å². The third-order valence-corrected chi connectivity index (χ3v) is 3.94. The largest absolute Gasteiger partial charge is 0.298 e. The van der Waals surface area contributed by atoms with E-state index < -0.39 is 9.05 Å². The highest BCUT2D eigenvalue weighted by atomic mass is 79.9. The lowest BCUT2D eigenvalue weighted by molar-refractivity contribution is 0.112. The Balaban J connectivity index is 3.78. The molecule has 0 radical (unpaired) electrons. The number of aldehydes is 1. The molecule has 0 saturated carbocycles. The third-order valence-electron chi connectivity index (χ3n) is 1.63. The minimum atomic E-state index is -4.07. The summed E-state index contributed by atoms with van der Waals surface area (Å²) in [7, 11) is 1.08. The molecule has 0 amide bonds. The highest BCUT2D eigenvalue weighted by molar-refractivity contribution is 9.10. The Bertz CT molecular complexity index is 562. The van der Waals surface area contributed by atoms with Gasteiger partial charge < -0.3 is 0 Å². The van der Waals surface area contributed by atoms with Gasteiger partial charge in [0.15, 0.2) is 6.29 Å².